The number of hydrogen-bond donors (Lipinski definition) is 1. The maximum absolute atomic E-state index is 3.63. The van der Waals surface area contributed by atoms with Crippen LogP contribution in [-0.4, -0.2) is 6.54 Å². The van der Waals surface area contributed by atoms with E-state index in [1.54, 1.807) is 0 Å². The normalized spacial score (nSPS) is 16.1. The van der Waals surface area contributed by atoms with E-state index in [0.717, 1.165) is 6.54 Å². The largest absolute Gasteiger partial charge is 0.309 e. The smallest absolute Gasteiger partial charge is 0.0386 e. The van der Waals surface area contributed by atoms with Gasteiger partial charge in [-0.1, -0.05) is 27.7 Å². The van der Waals surface area contributed by atoms with Crippen LogP contribution < -0.4 is 5.32 Å². The van der Waals surface area contributed by atoms with Gasteiger partial charge in [-0.25, -0.2) is 0 Å². The zero-order valence-electron chi connectivity index (χ0n) is 11.4. The van der Waals surface area contributed by atoms with Gasteiger partial charge in [0.2, 0.25) is 0 Å². The van der Waals surface area contributed by atoms with Gasteiger partial charge < -0.3 is 5.32 Å². The summed E-state index contributed by atoms with van der Waals surface area (Å²) in [4.78, 5) is 2.84. The molecule has 1 aromatic rings. The Labute approximate surface area is 104 Å². The lowest BCUT2D eigenvalue weighted by atomic mass is 9.82. The highest BCUT2D eigenvalue weighted by Gasteiger charge is 2.20. The Morgan fingerprint density at radius 3 is 2.31 bits per heavy atom. The molecule has 1 heterocycles. The monoisotopic (exact) mass is 239 g/mol. The summed E-state index contributed by atoms with van der Waals surface area (Å²) in [6.07, 6.45) is 0. The summed E-state index contributed by atoms with van der Waals surface area (Å²) in [6.45, 7) is 14.7. The van der Waals surface area contributed by atoms with E-state index in [0.29, 0.717) is 17.4 Å². The molecular weight excluding hydrogens is 214 g/mol. The van der Waals surface area contributed by atoms with Crippen molar-refractivity contribution < 1.29 is 0 Å². The highest BCUT2D eigenvalue weighted by molar-refractivity contribution is 7.12. The van der Waals surface area contributed by atoms with Gasteiger partial charge in [0, 0.05) is 15.8 Å². The summed E-state index contributed by atoms with van der Waals surface area (Å²) in [5.41, 5.74) is 0.387. The molecule has 2 atom stereocenters. The van der Waals surface area contributed by atoms with Crippen LogP contribution >= 0.6 is 11.3 Å². The van der Waals surface area contributed by atoms with Crippen LogP contribution in [0, 0.1) is 18.3 Å². The number of hydrogen-bond acceptors (Lipinski definition) is 2. The van der Waals surface area contributed by atoms with Gasteiger partial charge >= 0.3 is 0 Å². The average molecular weight is 239 g/mol. The van der Waals surface area contributed by atoms with Crippen molar-refractivity contribution in [3.05, 3.63) is 21.9 Å². The number of rotatable bonds is 4. The van der Waals surface area contributed by atoms with Gasteiger partial charge in [0.25, 0.3) is 0 Å². The van der Waals surface area contributed by atoms with E-state index < -0.39 is 0 Å². The molecule has 1 rings (SSSR count). The van der Waals surface area contributed by atoms with Crippen LogP contribution in [0.2, 0.25) is 0 Å². The summed E-state index contributed by atoms with van der Waals surface area (Å²) in [7, 11) is 0. The van der Waals surface area contributed by atoms with Crippen molar-refractivity contribution in [1.82, 2.24) is 5.32 Å². The molecule has 0 amide bonds. The molecule has 16 heavy (non-hydrogen) atoms. The van der Waals surface area contributed by atoms with Crippen molar-refractivity contribution in [2.75, 3.05) is 6.54 Å². The molecule has 0 aliphatic heterocycles. The first-order chi connectivity index (χ1) is 7.30. The summed E-state index contributed by atoms with van der Waals surface area (Å²) < 4.78 is 0. The lowest BCUT2D eigenvalue weighted by Gasteiger charge is -2.28. The Morgan fingerprint density at radius 2 is 1.88 bits per heavy atom. The lowest BCUT2D eigenvalue weighted by Crippen LogP contribution is -2.31. The van der Waals surface area contributed by atoms with Crippen LogP contribution in [-0.2, 0) is 0 Å². The minimum atomic E-state index is 0.387. The van der Waals surface area contributed by atoms with Gasteiger partial charge in [0.1, 0.15) is 0 Å². The third-order valence-corrected chi connectivity index (χ3v) is 4.58. The third kappa shape index (κ3) is 3.91. The molecule has 0 radical (unpaired) electrons. The minimum absolute atomic E-state index is 0.387. The Morgan fingerprint density at radius 1 is 1.25 bits per heavy atom. The Balaban J connectivity index is 2.44. The second kappa shape index (κ2) is 5.33. The SMILES string of the molecule is Cc1ccc(C(C)NCC(C)C(C)(C)C)s1. The quantitative estimate of drug-likeness (QED) is 0.821. The molecule has 0 aliphatic rings. The first-order valence-corrected chi connectivity index (χ1v) is 6.92. The molecule has 1 nitrogen and oxygen atoms in total. The van der Waals surface area contributed by atoms with E-state index in [1.807, 2.05) is 11.3 Å². The maximum Gasteiger partial charge on any atom is 0.0386 e. The van der Waals surface area contributed by atoms with Crippen molar-refractivity contribution in [1.29, 1.82) is 0 Å². The molecule has 0 spiro atoms. The zero-order valence-corrected chi connectivity index (χ0v) is 12.2. The van der Waals surface area contributed by atoms with Crippen LogP contribution in [0.3, 0.4) is 0 Å². The van der Waals surface area contributed by atoms with Crippen molar-refractivity contribution in [3.8, 4) is 0 Å². The molecular formula is C14H25NS. The van der Waals surface area contributed by atoms with Crippen molar-refractivity contribution in [2.24, 2.45) is 11.3 Å². The van der Waals surface area contributed by atoms with Crippen LogP contribution in [0.1, 0.15) is 50.4 Å². The van der Waals surface area contributed by atoms with E-state index in [2.05, 4.69) is 59.0 Å². The molecule has 1 aromatic heterocycles. The average Bonchev–Trinajstić information content (AvgIpc) is 2.59. The van der Waals surface area contributed by atoms with Crippen molar-refractivity contribution >= 4 is 11.3 Å². The van der Waals surface area contributed by atoms with Gasteiger partial charge in [0.05, 0.1) is 0 Å². The number of thiophene rings is 1. The lowest BCUT2D eigenvalue weighted by molar-refractivity contribution is 0.247. The first-order valence-electron chi connectivity index (χ1n) is 6.10. The van der Waals surface area contributed by atoms with E-state index in [-0.39, 0.29) is 0 Å². The van der Waals surface area contributed by atoms with Crippen LogP contribution in [0.5, 0.6) is 0 Å². The number of nitrogens with one attached hydrogen (secondary N) is 1. The summed E-state index contributed by atoms with van der Waals surface area (Å²) in [6, 6.07) is 4.91. The molecule has 0 aromatic carbocycles. The van der Waals surface area contributed by atoms with E-state index in [4.69, 9.17) is 0 Å². The molecule has 2 heteroatoms. The molecule has 92 valence electrons. The maximum atomic E-state index is 3.63. The standard InChI is InChI=1S/C14H25NS/c1-10(14(4,5)6)9-15-12(3)13-8-7-11(2)16-13/h7-8,10,12,15H,9H2,1-6H3. The van der Waals surface area contributed by atoms with Crippen LogP contribution in [0.15, 0.2) is 12.1 Å². The van der Waals surface area contributed by atoms with Crippen LogP contribution in [0.4, 0.5) is 0 Å². The summed E-state index contributed by atoms with van der Waals surface area (Å²) >= 11 is 1.89. The fourth-order valence-corrected chi connectivity index (χ4v) is 2.35. The third-order valence-electron chi connectivity index (χ3n) is 3.40. The van der Waals surface area contributed by atoms with E-state index in [1.165, 1.54) is 9.75 Å². The highest BCUT2D eigenvalue weighted by atomic mass is 32.1. The topological polar surface area (TPSA) is 12.0 Å². The molecule has 0 saturated heterocycles. The predicted octanol–water partition coefficient (Wildman–Crippen LogP) is 4.39. The van der Waals surface area contributed by atoms with Crippen molar-refractivity contribution in [3.63, 3.8) is 0 Å². The minimum Gasteiger partial charge on any atom is -0.309 e. The van der Waals surface area contributed by atoms with E-state index in [9.17, 15) is 0 Å². The first kappa shape index (κ1) is 13.7. The Hall–Kier alpha value is -0.340. The molecule has 0 fully saturated rings. The molecule has 0 saturated carbocycles. The van der Waals surface area contributed by atoms with Gasteiger partial charge in [-0.2, -0.15) is 0 Å². The Bertz CT molecular complexity index is 322. The number of aryl methyl sites for hydroxylation is 1. The van der Waals surface area contributed by atoms with Gasteiger partial charge in [-0.3, -0.25) is 0 Å². The molecule has 2 unspecified atom stereocenters. The summed E-state index contributed by atoms with van der Waals surface area (Å²) in [5, 5.41) is 3.63. The van der Waals surface area contributed by atoms with Gasteiger partial charge in [-0.05, 0) is 43.9 Å². The highest BCUT2D eigenvalue weighted by Crippen LogP contribution is 2.26. The fourth-order valence-electron chi connectivity index (χ4n) is 1.45. The van der Waals surface area contributed by atoms with Crippen molar-refractivity contribution in [2.45, 2.75) is 47.6 Å². The zero-order chi connectivity index (χ0) is 12.3. The predicted molar refractivity (Wildman–Crippen MR) is 74.1 cm³/mol. The van der Waals surface area contributed by atoms with Gasteiger partial charge in [-0.15, -0.1) is 11.3 Å². The molecule has 0 bridgehead atoms. The second-order valence-electron chi connectivity index (χ2n) is 5.85. The van der Waals surface area contributed by atoms with Crippen LogP contribution in [0.25, 0.3) is 0 Å². The fraction of sp³-hybridized carbons (Fsp3) is 0.714. The molecule has 1 N–H and O–H groups in total. The van der Waals surface area contributed by atoms with Gasteiger partial charge in [0.15, 0.2) is 0 Å². The Kier molecular flexibility index (Phi) is 4.57. The summed E-state index contributed by atoms with van der Waals surface area (Å²) in [5.74, 6) is 0.691. The second-order valence-corrected chi connectivity index (χ2v) is 7.16. The molecule has 0 aliphatic carbocycles. The van der Waals surface area contributed by atoms with E-state index >= 15 is 0 Å².